The molecule has 1 aliphatic carbocycles. The SMILES string of the molecule is CC(C(=O)NC1CCCC1)N1CCN(Cc2noc(CN)n2)CC1.Cl.Cl. The van der Waals surface area contributed by atoms with Crippen LogP contribution >= 0.6 is 24.8 Å². The highest BCUT2D eigenvalue weighted by Gasteiger charge is 2.28. The molecule has 3 rings (SSSR count). The van der Waals surface area contributed by atoms with Gasteiger partial charge in [0.25, 0.3) is 0 Å². The molecule has 3 N–H and O–H groups in total. The highest BCUT2D eigenvalue weighted by atomic mass is 35.5. The molecule has 8 nitrogen and oxygen atoms in total. The van der Waals surface area contributed by atoms with Crippen LogP contribution in [0.15, 0.2) is 4.52 Å². The second-order valence-electron chi connectivity index (χ2n) is 6.79. The molecule has 150 valence electrons. The van der Waals surface area contributed by atoms with Gasteiger partial charge < -0.3 is 15.6 Å². The zero-order chi connectivity index (χ0) is 16.9. The van der Waals surface area contributed by atoms with Gasteiger partial charge in [-0.3, -0.25) is 14.6 Å². The van der Waals surface area contributed by atoms with Gasteiger partial charge in [0.1, 0.15) is 0 Å². The summed E-state index contributed by atoms with van der Waals surface area (Å²) < 4.78 is 5.03. The minimum atomic E-state index is -0.0678. The predicted octanol–water partition coefficient (Wildman–Crippen LogP) is 0.937. The molecule has 1 aliphatic heterocycles. The molecule has 1 amide bonds. The summed E-state index contributed by atoms with van der Waals surface area (Å²) in [5.41, 5.74) is 5.48. The van der Waals surface area contributed by atoms with E-state index in [0.717, 1.165) is 39.0 Å². The number of nitrogens with two attached hydrogens (primary N) is 1. The standard InChI is InChI=1S/C16H28N6O2.2ClH/c1-12(16(23)18-13-4-2-3-5-13)22-8-6-21(7-9-22)11-14-19-15(10-17)24-20-14;;/h12-13H,2-11,17H2,1H3,(H,18,23);2*1H. The van der Waals surface area contributed by atoms with Crippen LogP contribution in [0.4, 0.5) is 0 Å². The first-order chi connectivity index (χ1) is 11.7. The number of piperazine rings is 1. The van der Waals surface area contributed by atoms with Crippen molar-refractivity contribution >= 4 is 30.7 Å². The van der Waals surface area contributed by atoms with E-state index in [1.54, 1.807) is 0 Å². The molecule has 1 aromatic rings. The number of nitrogens with one attached hydrogen (secondary N) is 1. The number of halogens is 2. The normalized spacial score (nSPS) is 20.2. The first kappa shape index (κ1) is 23.1. The number of nitrogens with zero attached hydrogens (tertiary/aromatic N) is 4. The Morgan fingerprint density at radius 3 is 2.50 bits per heavy atom. The smallest absolute Gasteiger partial charge is 0.240 e. The van der Waals surface area contributed by atoms with Crippen LogP contribution in [0.3, 0.4) is 0 Å². The molecular formula is C16H30Cl2N6O2. The zero-order valence-electron chi connectivity index (χ0n) is 15.2. The second kappa shape index (κ2) is 11.0. The Bertz CT molecular complexity index is 545. The van der Waals surface area contributed by atoms with Crippen molar-refractivity contribution in [3.63, 3.8) is 0 Å². The Kier molecular flexibility index (Phi) is 9.81. The van der Waals surface area contributed by atoms with Gasteiger partial charge in [-0.2, -0.15) is 4.98 Å². The molecule has 0 spiro atoms. The van der Waals surface area contributed by atoms with E-state index in [0.29, 0.717) is 24.3 Å². The summed E-state index contributed by atoms with van der Waals surface area (Å²) in [6.45, 7) is 6.49. The Labute approximate surface area is 167 Å². The van der Waals surface area contributed by atoms with Crippen molar-refractivity contribution in [3.8, 4) is 0 Å². The van der Waals surface area contributed by atoms with E-state index in [9.17, 15) is 4.79 Å². The molecule has 0 bridgehead atoms. The Balaban J connectivity index is 0.00000169. The van der Waals surface area contributed by atoms with Gasteiger partial charge in [0.2, 0.25) is 11.8 Å². The largest absolute Gasteiger partial charge is 0.352 e. The van der Waals surface area contributed by atoms with Gasteiger partial charge in [-0.15, -0.1) is 24.8 Å². The number of hydrogen-bond acceptors (Lipinski definition) is 7. The van der Waals surface area contributed by atoms with Crippen molar-refractivity contribution < 1.29 is 9.32 Å². The zero-order valence-corrected chi connectivity index (χ0v) is 16.9. The van der Waals surface area contributed by atoms with Crippen molar-refractivity contribution in [1.29, 1.82) is 0 Å². The average Bonchev–Trinajstić information content (AvgIpc) is 3.26. The summed E-state index contributed by atoms with van der Waals surface area (Å²) in [7, 11) is 0. The van der Waals surface area contributed by atoms with Crippen LogP contribution in [0, 0.1) is 0 Å². The molecule has 1 aromatic heterocycles. The number of carbonyl (C=O) groups is 1. The number of hydrogen-bond donors (Lipinski definition) is 2. The molecule has 0 aromatic carbocycles. The Hall–Kier alpha value is -0.930. The summed E-state index contributed by atoms with van der Waals surface area (Å²) in [6, 6.07) is 0.318. The molecule has 2 fully saturated rings. The van der Waals surface area contributed by atoms with E-state index >= 15 is 0 Å². The molecule has 1 atom stereocenters. The van der Waals surface area contributed by atoms with Gasteiger partial charge in [0, 0.05) is 32.2 Å². The highest BCUT2D eigenvalue weighted by Crippen LogP contribution is 2.18. The lowest BCUT2D eigenvalue weighted by Gasteiger charge is -2.37. The fourth-order valence-electron chi connectivity index (χ4n) is 3.50. The maximum absolute atomic E-state index is 12.4. The van der Waals surface area contributed by atoms with Gasteiger partial charge in [-0.05, 0) is 19.8 Å². The number of carbonyl (C=O) groups excluding carboxylic acids is 1. The number of aromatic nitrogens is 2. The first-order valence-corrected chi connectivity index (χ1v) is 8.94. The van der Waals surface area contributed by atoms with Gasteiger partial charge in [-0.1, -0.05) is 18.0 Å². The topological polar surface area (TPSA) is 101 Å². The molecule has 26 heavy (non-hydrogen) atoms. The van der Waals surface area contributed by atoms with Crippen LogP contribution < -0.4 is 11.1 Å². The molecule has 10 heteroatoms. The second-order valence-corrected chi connectivity index (χ2v) is 6.79. The third-order valence-corrected chi connectivity index (χ3v) is 5.09. The minimum absolute atomic E-state index is 0. The molecule has 2 heterocycles. The van der Waals surface area contributed by atoms with E-state index in [1.165, 1.54) is 12.8 Å². The van der Waals surface area contributed by atoms with Crippen molar-refractivity contribution in [2.24, 2.45) is 5.73 Å². The minimum Gasteiger partial charge on any atom is -0.352 e. The fraction of sp³-hybridized carbons (Fsp3) is 0.812. The van der Waals surface area contributed by atoms with Crippen LogP contribution in [0.25, 0.3) is 0 Å². The summed E-state index contributed by atoms with van der Waals surface area (Å²) >= 11 is 0. The average molecular weight is 409 g/mol. The van der Waals surface area contributed by atoms with Crippen molar-refractivity contribution in [3.05, 3.63) is 11.7 Å². The quantitative estimate of drug-likeness (QED) is 0.721. The van der Waals surface area contributed by atoms with Crippen LogP contribution in [0.5, 0.6) is 0 Å². The lowest BCUT2D eigenvalue weighted by molar-refractivity contribution is -0.127. The van der Waals surface area contributed by atoms with Crippen LogP contribution in [0.2, 0.25) is 0 Å². The molecule has 1 saturated carbocycles. The maximum Gasteiger partial charge on any atom is 0.240 e. The van der Waals surface area contributed by atoms with Gasteiger partial charge in [0.15, 0.2) is 5.82 Å². The monoisotopic (exact) mass is 408 g/mol. The Morgan fingerprint density at radius 1 is 1.27 bits per heavy atom. The summed E-state index contributed by atoms with van der Waals surface area (Å²) in [4.78, 5) is 21.2. The van der Waals surface area contributed by atoms with E-state index in [2.05, 4.69) is 25.3 Å². The lowest BCUT2D eigenvalue weighted by Crippen LogP contribution is -2.54. The fourth-order valence-corrected chi connectivity index (χ4v) is 3.50. The number of rotatable bonds is 6. The highest BCUT2D eigenvalue weighted by molar-refractivity contribution is 5.85. The van der Waals surface area contributed by atoms with Crippen LogP contribution in [-0.2, 0) is 17.9 Å². The van der Waals surface area contributed by atoms with Crippen molar-refractivity contribution in [2.75, 3.05) is 26.2 Å². The summed E-state index contributed by atoms with van der Waals surface area (Å²) in [5.74, 6) is 1.32. The predicted molar refractivity (Wildman–Crippen MR) is 103 cm³/mol. The molecule has 0 radical (unpaired) electrons. The lowest BCUT2D eigenvalue weighted by atomic mass is 10.2. The summed E-state index contributed by atoms with van der Waals surface area (Å²) in [5, 5.41) is 7.13. The molecule has 1 saturated heterocycles. The summed E-state index contributed by atoms with van der Waals surface area (Å²) in [6.07, 6.45) is 4.73. The van der Waals surface area contributed by atoms with Gasteiger partial charge >= 0.3 is 0 Å². The van der Waals surface area contributed by atoms with Crippen molar-refractivity contribution in [2.45, 2.75) is 57.8 Å². The van der Waals surface area contributed by atoms with Crippen molar-refractivity contribution in [1.82, 2.24) is 25.3 Å². The molecule has 1 unspecified atom stereocenters. The van der Waals surface area contributed by atoms with Crippen LogP contribution in [-0.4, -0.2) is 64.1 Å². The Morgan fingerprint density at radius 2 is 1.92 bits per heavy atom. The van der Waals surface area contributed by atoms with E-state index in [1.807, 2.05) is 6.92 Å². The maximum atomic E-state index is 12.4. The van der Waals surface area contributed by atoms with E-state index < -0.39 is 0 Å². The van der Waals surface area contributed by atoms with E-state index in [4.69, 9.17) is 10.3 Å². The number of amides is 1. The third kappa shape index (κ3) is 6.06. The molecular weight excluding hydrogens is 379 g/mol. The van der Waals surface area contributed by atoms with Crippen LogP contribution in [0.1, 0.15) is 44.3 Å². The van der Waals surface area contributed by atoms with Gasteiger partial charge in [-0.25, -0.2) is 0 Å². The van der Waals surface area contributed by atoms with Gasteiger partial charge in [0.05, 0.1) is 19.1 Å². The molecule has 2 aliphatic rings. The van der Waals surface area contributed by atoms with E-state index in [-0.39, 0.29) is 43.3 Å². The first-order valence-electron chi connectivity index (χ1n) is 8.94. The third-order valence-electron chi connectivity index (χ3n) is 5.09.